The summed E-state index contributed by atoms with van der Waals surface area (Å²) in [5.41, 5.74) is 0.755. The lowest BCUT2D eigenvalue weighted by atomic mass is 10.0. The van der Waals surface area contributed by atoms with E-state index in [1.165, 1.54) is 6.42 Å². The molecule has 128 valence electrons. The molecule has 2 rings (SSSR count). The molecule has 1 aromatic carbocycles. The Morgan fingerprint density at radius 2 is 1.96 bits per heavy atom. The van der Waals surface area contributed by atoms with Crippen LogP contribution < -0.4 is 5.32 Å². The van der Waals surface area contributed by atoms with E-state index in [4.69, 9.17) is 0 Å². The first-order chi connectivity index (χ1) is 10.8. The highest BCUT2D eigenvalue weighted by atomic mass is 32.2. The molecule has 1 aromatic rings. The second kappa shape index (κ2) is 7.34. The van der Waals surface area contributed by atoms with Crippen LogP contribution in [0, 0.1) is 0 Å². The molecule has 23 heavy (non-hydrogen) atoms. The molecule has 5 nitrogen and oxygen atoms in total. The van der Waals surface area contributed by atoms with Crippen LogP contribution >= 0.6 is 0 Å². The Kier molecular flexibility index (Phi) is 5.68. The number of benzene rings is 1. The highest BCUT2D eigenvalue weighted by molar-refractivity contribution is 7.91. The van der Waals surface area contributed by atoms with Crippen molar-refractivity contribution in [1.29, 1.82) is 0 Å². The maximum Gasteiger partial charge on any atom is 0.245 e. The van der Waals surface area contributed by atoms with E-state index in [0.29, 0.717) is 4.90 Å². The molecule has 6 heteroatoms. The number of rotatable bonds is 5. The van der Waals surface area contributed by atoms with Crippen molar-refractivity contribution < 1.29 is 13.2 Å². The monoisotopic (exact) mass is 338 g/mol. The Balaban J connectivity index is 2.02. The number of nitrogens with one attached hydrogen (secondary N) is 1. The van der Waals surface area contributed by atoms with Crippen LogP contribution in [0.1, 0.15) is 40.0 Å². The summed E-state index contributed by atoms with van der Waals surface area (Å²) in [6.45, 7) is 6.39. The molecule has 0 bridgehead atoms. The van der Waals surface area contributed by atoms with Gasteiger partial charge < -0.3 is 10.2 Å². The van der Waals surface area contributed by atoms with Gasteiger partial charge in [0.1, 0.15) is 6.04 Å². The van der Waals surface area contributed by atoms with Gasteiger partial charge in [-0.15, -0.1) is 0 Å². The number of hydrogen-bond donors (Lipinski definition) is 1. The SMILES string of the molecule is CCS(=O)(=O)c1ccc(N[C@@H](C)C(=O)N2CCCC[C@H]2C)cc1. The number of carbonyl (C=O) groups is 1. The first-order valence-corrected chi connectivity index (χ1v) is 9.90. The van der Waals surface area contributed by atoms with Crippen molar-refractivity contribution in [2.75, 3.05) is 17.6 Å². The van der Waals surface area contributed by atoms with Gasteiger partial charge in [-0.1, -0.05) is 6.92 Å². The first kappa shape index (κ1) is 17.8. The molecular formula is C17H26N2O3S. The molecule has 1 heterocycles. The summed E-state index contributed by atoms with van der Waals surface area (Å²) in [5, 5.41) is 3.17. The van der Waals surface area contributed by atoms with Gasteiger partial charge in [-0.3, -0.25) is 4.79 Å². The van der Waals surface area contributed by atoms with Gasteiger partial charge in [-0.05, 0) is 57.4 Å². The molecule has 1 amide bonds. The number of nitrogens with zero attached hydrogens (tertiary/aromatic N) is 1. The third-order valence-electron chi connectivity index (χ3n) is 4.43. The summed E-state index contributed by atoms with van der Waals surface area (Å²) >= 11 is 0. The van der Waals surface area contributed by atoms with Gasteiger partial charge in [0, 0.05) is 18.3 Å². The molecule has 0 radical (unpaired) electrons. The van der Waals surface area contributed by atoms with Crippen LogP contribution in [-0.2, 0) is 14.6 Å². The Morgan fingerprint density at radius 1 is 1.30 bits per heavy atom. The van der Waals surface area contributed by atoms with Crippen molar-refractivity contribution >= 4 is 21.4 Å². The summed E-state index contributed by atoms with van der Waals surface area (Å²) in [5.74, 6) is 0.184. The van der Waals surface area contributed by atoms with Crippen LogP contribution in [0.15, 0.2) is 29.2 Å². The van der Waals surface area contributed by atoms with Gasteiger partial charge in [-0.2, -0.15) is 0 Å². The molecule has 1 aliphatic heterocycles. The van der Waals surface area contributed by atoms with E-state index in [9.17, 15) is 13.2 Å². The van der Waals surface area contributed by atoms with Crippen LogP contribution in [0.25, 0.3) is 0 Å². The minimum atomic E-state index is -3.19. The number of likely N-dealkylation sites (tertiary alicyclic amines) is 1. The highest BCUT2D eigenvalue weighted by Crippen LogP contribution is 2.20. The number of anilines is 1. The zero-order valence-corrected chi connectivity index (χ0v) is 14.9. The van der Waals surface area contributed by atoms with Gasteiger partial charge in [-0.25, -0.2) is 8.42 Å². The molecule has 0 aliphatic carbocycles. The minimum absolute atomic E-state index is 0.0848. The Bertz CT molecular complexity index is 640. The largest absolute Gasteiger partial charge is 0.374 e. The predicted octanol–water partition coefficient (Wildman–Crippen LogP) is 2.68. The number of amides is 1. The van der Waals surface area contributed by atoms with Crippen molar-refractivity contribution in [2.24, 2.45) is 0 Å². The lowest BCUT2D eigenvalue weighted by molar-refractivity contribution is -0.134. The molecule has 2 atom stereocenters. The zero-order chi connectivity index (χ0) is 17.0. The highest BCUT2D eigenvalue weighted by Gasteiger charge is 2.26. The van der Waals surface area contributed by atoms with Crippen LogP contribution in [0.4, 0.5) is 5.69 Å². The molecule has 1 fully saturated rings. The van der Waals surface area contributed by atoms with Gasteiger partial charge in [0.25, 0.3) is 0 Å². The summed E-state index contributed by atoms with van der Waals surface area (Å²) < 4.78 is 23.6. The quantitative estimate of drug-likeness (QED) is 0.896. The molecule has 0 spiro atoms. The summed E-state index contributed by atoms with van der Waals surface area (Å²) in [7, 11) is -3.19. The molecule has 1 aliphatic rings. The van der Waals surface area contributed by atoms with Gasteiger partial charge in [0.2, 0.25) is 5.91 Å². The zero-order valence-electron chi connectivity index (χ0n) is 14.1. The summed E-state index contributed by atoms with van der Waals surface area (Å²) in [4.78, 5) is 14.8. The van der Waals surface area contributed by atoms with Crippen LogP contribution in [0.2, 0.25) is 0 Å². The van der Waals surface area contributed by atoms with Gasteiger partial charge >= 0.3 is 0 Å². The van der Waals surface area contributed by atoms with E-state index >= 15 is 0 Å². The second-order valence-electron chi connectivity index (χ2n) is 6.17. The van der Waals surface area contributed by atoms with Crippen LogP contribution in [-0.4, -0.2) is 43.6 Å². The van der Waals surface area contributed by atoms with Crippen molar-refractivity contribution in [2.45, 2.75) is 57.0 Å². The average Bonchev–Trinajstić information content (AvgIpc) is 2.55. The Morgan fingerprint density at radius 3 is 2.52 bits per heavy atom. The van der Waals surface area contributed by atoms with Crippen molar-refractivity contribution in [3.05, 3.63) is 24.3 Å². The van der Waals surface area contributed by atoms with E-state index in [2.05, 4.69) is 12.2 Å². The van der Waals surface area contributed by atoms with Crippen molar-refractivity contribution in [3.8, 4) is 0 Å². The van der Waals surface area contributed by atoms with E-state index in [1.807, 2.05) is 11.8 Å². The maximum atomic E-state index is 12.6. The topological polar surface area (TPSA) is 66.5 Å². The Labute approximate surface area is 139 Å². The summed E-state index contributed by atoms with van der Waals surface area (Å²) in [6, 6.07) is 6.56. The molecular weight excluding hydrogens is 312 g/mol. The van der Waals surface area contributed by atoms with E-state index in [1.54, 1.807) is 31.2 Å². The molecule has 0 aromatic heterocycles. The lowest BCUT2D eigenvalue weighted by Gasteiger charge is -2.35. The smallest absolute Gasteiger partial charge is 0.245 e. The Hall–Kier alpha value is -1.56. The second-order valence-corrected chi connectivity index (χ2v) is 8.45. The van der Waals surface area contributed by atoms with Crippen molar-refractivity contribution in [1.82, 2.24) is 4.90 Å². The molecule has 0 unspecified atom stereocenters. The lowest BCUT2D eigenvalue weighted by Crippen LogP contribution is -2.48. The fourth-order valence-electron chi connectivity index (χ4n) is 2.91. The molecule has 1 saturated heterocycles. The fraction of sp³-hybridized carbons (Fsp3) is 0.588. The third-order valence-corrected chi connectivity index (χ3v) is 6.18. The number of sulfone groups is 1. The number of carbonyl (C=O) groups excluding carboxylic acids is 1. The standard InChI is InChI=1S/C17H26N2O3S/c1-4-23(21,22)16-10-8-15(9-11-16)18-14(3)17(20)19-12-6-5-7-13(19)2/h8-11,13-14,18H,4-7,12H2,1-3H3/t13-,14+/m1/s1. The predicted molar refractivity (Wildman–Crippen MR) is 92.3 cm³/mol. The fourth-order valence-corrected chi connectivity index (χ4v) is 3.80. The van der Waals surface area contributed by atoms with E-state index < -0.39 is 9.84 Å². The van der Waals surface area contributed by atoms with Gasteiger partial charge in [0.15, 0.2) is 9.84 Å². The normalized spacial score (nSPS) is 20.1. The third kappa shape index (κ3) is 4.25. The average molecular weight is 338 g/mol. The minimum Gasteiger partial charge on any atom is -0.374 e. The van der Waals surface area contributed by atoms with E-state index in [-0.39, 0.29) is 23.7 Å². The molecule has 0 saturated carbocycles. The van der Waals surface area contributed by atoms with Gasteiger partial charge in [0.05, 0.1) is 10.6 Å². The number of piperidine rings is 1. The first-order valence-electron chi connectivity index (χ1n) is 8.25. The summed E-state index contributed by atoms with van der Waals surface area (Å²) in [6.07, 6.45) is 3.30. The van der Waals surface area contributed by atoms with Crippen LogP contribution in [0.3, 0.4) is 0 Å². The van der Waals surface area contributed by atoms with Crippen LogP contribution in [0.5, 0.6) is 0 Å². The molecule has 1 N–H and O–H groups in total. The maximum absolute atomic E-state index is 12.6. The number of hydrogen-bond acceptors (Lipinski definition) is 4. The van der Waals surface area contributed by atoms with E-state index in [0.717, 1.165) is 25.1 Å². The van der Waals surface area contributed by atoms with Crippen molar-refractivity contribution in [3.63, 3.8) is 0 Å².